The molecule has 0 saturated carbocycles. The molecule has 0 saturated heterocycles. The van der Waals surface area contributed by atoms with Crippen LogP contribution in [-0.2, 0) is 11.2 Å². The molecule has 0 radical (unpaired) electrons. The van der Waals surface area contributed by atoms with Gasteiger partial charge in [0, 0.05) is 11.8 Å². The van der Waals surface area contributed by atoms with Crippen molar-refractivity contribution in [1.29, 1.82) is 0 Å². The van der Waals surface area contributed by atoms with E-state index in [0.717, 1.165) is 17.6 Å². The van der Waals surface area contributed by atoms with Crippen molar-refractivity contribution in [3.8, 4) is 0 Å². The Morgan fingerprint density at radius 1 is 1.22 bits per heavy atom. The van der Waals surface area contributed by atoms with E-state index in [0.29, 0.717) is 6.42 Å². The van der Waals surface area contributed by atoms with E-state index in [4.69, 9.17) is 0 Å². The number of hydrogen-bond acceptors (Lipinski definition) is 3. The first-order chi connectivity index (χ1) is 11.0. The molecule has 0 heterocycles. The maximum absolute atomic E-state index is 12.2. The minimum absolute atomic E-state index is 0.282. The SMILES string of the molecule is C[C@]12CCc3c(ccc4ccccc34)C1=CC[C@]2(O)C(=O)CO. The first kappa shape index (κ1) is 14.6. The van der Waals surface area contributed by atoms with Gasteiger partial charge in [-0.1, -0.05) is 49.4 Å². The van der Waals surface area contributed by atoms with Crippen LogP contribution in [0, 0.1) is 5.41 Å². The molecule has 2 N–H and O–H groups in total. The van der Waals surface area contributed by atoms with Crippen LogP contribution in [0.4, 0.5) is 0 Å². The molecule has 0 fully saturated rings. The van der Waals surface area contributed by atoms with E-state index in [1.165, 1.54) is 16.3 Å². The van der Waals surface area contributed by atoms with Crippen LogP contribution in [0.15, 0.2) is 42.5 Å². The standard InChI is InChI=1S/C20H20O3/c1-19-10-8-15-14-5-3-2-4-13(14)6-7-16(15)17(19)9-11-20(19,23)18(22)12-21/h2-7,9,21,23H,8,10-12H2,1H3/t19-,20-/m0/s1. The van der Waals surface area contributed by atoms with E-state index in [9.17, 15) is 15.0 Å². The van der Waals surface area contributed by atoms with Gasteiger partial charge < -0.3 is 10.2 Å². The molecule has 23 heavy (non-hydrogen) atoms. The van der Waals surface area contributed by atoms with Gasteiger partial charge in [-0.15, -0.1) is 0 Å². The Morgan fingerprint density at radius 3 is 2.78 bits per heavy atom. The van der Waals surface area contributed by atoms with Crippen molar-refractivity contribution in [1.82, 2.24) is 0 Å². The van der Waals surface area contributed by atoms with Gasteiger partial charge in [-0.3, -0.25) is 4.79 Å². The second-order valence-electron chi connectivity index (χ2n) is 6.91. The van der Waals surface area contributed by atoms with Crippen molar-refractivity contribution in [2.45, 2.75) is 31.8 Å². The summed E-state index contributed by atoms with van der Waals surface area (Å²) >= 11 is 0. The minimum Gasteiger partial charge on any atom is -0.388 e. The number of carbonyl (C=O) groups excluding carboxylic acids is 1. The number of ketones is 1. The third kappa shape index (κ3) is 1.75. The first-order valence-corrected chi connectivity index (χ1v) is 8.09. The number of fused-ring (bicyclic) bond motifs is 5. The molecule has 0 amide bonds. The smallest absolute Gasteiger partial charge is 0.190 e. The van der Waals surface area contributed by atoms with Gasteiger partial charge in [0.15, 0.2) is 5.78 Å². The Bertz CT molecular complexity index is 851. The molecule has 3 heteroatoms. The third-order valence-corrected chi connectivity index (χ3v) is 5.92. The second-order valence-corrected chi connectivity index (χ2v) is 6.91. The van der Waals surface area contributed by atoms with Gasteiger partial charge in [-0.05, 0) is 40.3 Å². The number of aliphatic hydroxyl groups is 2. The van der Waals surface area contributed by atoms with Crippen LogP contribution in [0.25, 0.3) is 16.3 Å². The zero-order valence-electron chi connectivity index (χ0n) is 13.2. The summed E-state index contributed by atoms with van der Waals surface area (Å²) in [6.45, 7) is 1.34. The van der Waals surface area contributed by atoms with Crippen molar-refractivity contribution < 1.29 is 15.0 Å². The summed E-state index contributed by atoms with van der Waals surface area (Å²) in [7, 11) is 0. The Balaban J connectivity index is 1.90. The van der Waals surface area contributed by atoms with Crippen LogP contribution in [0.1, 0.15) is 30.9 Å². The minimum atomic E-state index is -1.49. The number of rotatable bonds is 2. The Morgan fingerprint density at radius 2 is 2.00 bits per heavy atom. The van der Waals surface area contributed by atoms with Crippen LogP contribution in [0.3, 0.4) is 0 Å². The molecule has 0 aromatic heterocycles. The summed E-state index contributed by atoms with van der Waals surface area (Å²) in [6.07, 6.45) is 3.80. The normalized spacial score (nSPS) is 29.1. The summed E-state index contributed by atoms with van der Waals surface area (Å²) in [5.74, 6) is -0.476. The summed E-state index contributed by atoms with van der Waals surface area (Å²) in [4.78, 5) is 12.2. The molecule has 0 aliphatic heterocycles. The number of aryl methyl sites for hydroxylation is 1. The molecule has 118 valence electrons. The lowest BCUT2D eigenvalue weighted by Gasteiger charge is -2.44. The summed E-state index contributed by atoms with van der Waals surface area (Å²) in [5, 5.41) is 22.7. The van der Waals surface area contributed by atoms with Crippen LogP contribution >= 0.6 is 0 Å². The van der Waals surface area contributed by atoms with Crippen molar-refractivity contribution in [3.05, 3.63) is 53.6 Å². The molecular weight excluding hydrogens is 288 g/mol. The zero-order valence-corrected chi connectivity index (χ0v) is 13.2. The molecule has 2 atom stereocenters. The van der Waals surface area contributed by atoms with Gasteiger partial charge in [0.1, 0.15) is 12.2 Å². The molecule has 2 aliphatic carbocycles. The largest absolute Gasteiger partial charge is 0.388 e. The van der Waals surface area contributed by atoms with Crippen molar-refractivity contribution in [3.63, 3.8) is 0 Å². The molecule has 2 aliphatic rings. The molecule has 2 aromatic carbocycles. The van der Waals surface area contributed by atoms with Crippen LogP contribution in [0.2, 0.25) is 0 Å². The highest BCUT2D eigenvalue weighted by molar-refractivity contribution is 5.98. The van der Waals surface area contributed by atoms with Gasteiger partial charge >= 0.3 is 0 Å². The highest BCUT2D eigenvalue weighted by Gasteiger charge is 2.57. The molecule has 4 rings (SSSR count). The summed E-state index contributed by atoms with van der Waals surface area (Å²) < 4.78 is 0. The van der Waals surface area contributed by atoms with E-state index < -0.39 is 23.4 Å². The predicted octanol–water partition coefficient (Wildman–Crippen LogP) is 2.87. The third-order valence-electron chi connectivity index (χ3n) is 5.92. The van der Waals surface area contributed by atoms with E-state index in [1.54, 1.807) is 0 Å². The van der Waals surface area contributed by atoms with Crippen LogP contribution in [0.5, 0.6) is 0 Å². The highest BCUT2D eigenvalue weighted by Crippen LogP contribution is 2.57. The van der Waals surface area contributed by atoms with Crippen molar-refractivity contribution in [2.75, 3.05) is 6.61 Å². The van der Waals surface area contributed by atoms with Crippen molar-refractivity contribution in [2.24, 2.45) is 5.41 Å². The Labute approximate surface area is 135 Å². The monoisotopic (exact) mass is 308 g/mol. The number of benzene rings is 2. The molecule has 2 aromatic rings. The highest BCUT2D eigenvalue weighted by atomic mass is 16.3. The number of hydrogen-bond donors (Lipinski definition) is 2. The van der Waals surface area contributed by atoms with Gasteiger partial charge in [-0.2, -0.15) is 0 Å². The lowest BCUT2D eigenvalue weighted by molar-refractivity contribution is -0.149. The lowest BCUT2D eigenvalue weighted by atomic mass is 9.62. The Hall–Kier alpha value is -1.97. The molecular formula is C20H20O3. The fourth-order valence-electron chi connectivity index (χ4n) is 4.46. The lowest BCUT2D eigenvalue weighted by Crippen LogP contribution is -2.52. The van der Waals surface area contributed by atoms with Crippen LogP contribution in [-0.4, -0.2) is 28.2 Å². The predicted molar refractivity (Wildman–Crippen MR) is 90.0 cm³/mol. The molecule has 0 spiro atoms. The molecule has 3 nitrogen and oxygen atoms in total. The van der Waals surface area contributed by atoms with Gasteiger partial charge in [0.05, 0.1) is 0 Å². The number of carbonyl (C=O) groups is 1. The topological polar surface area (TPSA) is 57.5 Å². The van der Waals surface area contributed by atoms with E-state index in [-0.39, 0.29) is 6.42 Å². The quantitative estimate of drug-likeness (QED) is 0.897. The first-order valence-electron chi connectivity index (χ1n) is 8.09. The fraction of sp³-hybridized carbons (Fsp3) is 0.350. The maximum Gasteiger partial charge on any atom is 0.190 e. The Kier molecular flexibility index (Phi) is 3.03. The summed E-state index contributed by atoms with van der Waals surface area (Å²) in [6, 6.07) is 12.5. The molecule has 0 unspecified atom stereocenters. The average molecular weight is 308 g/mol. The van der Waals surface area contributed by atoms with E-state index >= 15 is 0 Å². The van der Waals surface area contributed by atoms with Gasteiger partial charge in [0.2, 0.25) is 0 Å². The van der Waals surface area contributed by atoms with Gasteiger partial charge in [0.25, 0.3) is 0 Å². The van der Waals surface area contributed by atoms with Gasteiger partial charge in [-0.25, -0.2) is 0 Å². The second kappa shape index (κ2) is 4.76. The number of aliphatic hydroxyl groups excluding tert-OH is 1. The summed E-state index contributed by atoms with van der Waals surface area (Å²) in [5.41, 5.74) is 1.38. The average Bonchev–Trinajstić information content (AvgIpc) is 2.86. The van der Waals surface area contributed by atoms with Crippen molar-refractivity contribution >= 4 is 22.1 Å². The van der Waals surface area contributed by atoms with E-state index in [1.807, 2.05) is 25.1 Å². The zero-order chi connectivity index (χ0) is 16.2. The van der Waals surface area contributed by atoms with E-state index in [2.05, 4.69) is 24.3 Å². The fourth-order valence-corrected chi connectivity index (χ4v) is 4.46. The number of Topliss-reactive ketones (excluding diaryl/α,β-unsaturated/α-hetero) is 1. The van der Waals surface area contributed by atoms with Crippen LogP contribution < -0.4 is 0 Å². The molecule has 0 bridgehead atoms. The maximum atomic E-state index is 12.2.